The summed E-state index contributed by atoms with van der Waals surface area (Å²) in [5.41, 5.74) is 0.800. The van der Waals surface area contributed by atoms with Crippen molar-refractivity contribution in [3.63, 3.8) is 0 Å². The molecule has 0 unspecified atom stereocenters. The van der Waals surface area contributed by atoms with Gasteiger partial charge in [0.05, 0.1) is 20.3 Å². The third-order valence-corrected chi connectivity index (χ3v) is 4.40. The van der Waals surface area contributed by atoms with Crippen LogP contribution in [-0.2, 0) is 4.74 Å². The maximum Gasteiger partial charge on any atom is 0.276 e. The van der Waals surface area contributed by atoms with E-state index >= 15 is 0 Å². The van der Waals surface area contributed by atoms with Gasteiger partial charge in [0.15, 0.2) is 11.5 Å². The normalized spacial score (nSPS) is 17.6. The van der Waals surface area contributed by atoms with Crippen LogP contribution < -0.4 is 9.47 Å². The summed E-state index contributed by atoms with van der Waals surface area (Å²) in [5.74, 6) is 2.61. The molecule has 22 heavy (non-hydrogen) atoms. The summed E-state index contributed by atoms with van der Waals surface area (Å²) >= 11 is 1.53. The smallest absolute Gasteiger partial charge is 0.276 e. The molecule has 1 atom stereocenters. The Morgan fingerprint density at radius 1 is 1.23 bits per heavy atom. The van der Waals surface area contributed by atoms with Crippen LogP contribution in [0.15, 0.2) is 27.8 Å². The molecule has 1 aliphatic rings. The number of thioether (sulfide) groups is 1. The summed E-state index contributed by atoms with van der Waals surface area (Å²) in [7, 11) is 3.20. The molecule has 0 radical (unpaired) electrons. The minimum Gasteiger partial charge on any atom is -0.493 e. The van der Waals surface area contributed by atoms with Crippen LogP contribution in [0.1, 0.15) is 12.8 Å². The monoisotopic (exact) mass is 322 g/mol. The maximum absolute atomic E-state index is 5.69. The van der Waals surface area contributed by atoms with Crippen LogP contribution in [0.4, 0.5) is 0 Å². The van der Waals surface area contributed by atoms with E-state index in [0.29, 0.717) is 28.7 Å². The summed E-state index contributed by atoms with van der Waals surface area (Å²) in [6, 6.07) is 5.50. The second-order valence-corrected chi connectivity index (χ2v) is 5.86. The molecule has 1 aromatic heterocycles. The second kappa shape index (κ2) is 7.02. The zero-order chi connectivity index (χ0) is 15.4. The molecule has 3 rings (SSSR count). The number of benzene rings is 1. The van der Waals surface area contributed by atoms with Crippen LogP contribution in [0.5, 0.6) is 11.5 Å². The van der Waals surface area contributed by atoms with Crippen LogP contribution in [0, 0.1) is 0 Å². The number of hydrogen-bond acceptors (Lipinski definition) is 7. The molecule has 118 valence electrons. The van der Waals surface area contributed by atoms with Crippen molar-refractivity contribution in [1.82, 2.24) is 10.2 Å². The van der Waals surface area contributed by atoms with Gasteiger partial charge in [0.1, 0.15) is 0 Å². The molecule has 7 heteroatoms. The van der Waals surface area contributed by atoms with E-state index in [1.54, 1.807) is 14.2 Å². The predicted octanol–water partition coefficient (Wildman–Crippen LogP) is 3.02. The van der Waals surface area contributed by atoms with Crippen LogP contribution in [0.25, 0.3) is 11.5 Å². The Morgan fingerprint density at radius 2 is 2.09 bits per heavy atom. The average Bonchev–Trinajstić information content (AvgIpc) is 3.23. The van der Waals surface area contributed by atoms with E-state index in [1.165, 1.54) is 11.8 Å². The van der Waals surface area contributed by atoms with Crippen molar-refractivity contribution in [2.75, 3.05) is 26.6 Å². The minimum atomic E-state index is 0.293. The lowest BCUT2D eigenvalue weighted by molar-refractivity contribution is 0.128. The molecule has 0 N–H and O–H groups in total. The zero-order valence-electron chi connectivity index (χ0n) is 12.6. The molecule has 0 bridgehead atoms. The highest BCUT2D eigenvalue weighted by molar-refractivity contribution is 7.99. The standard InChI is InChI=1S/C15H18N2O4S/c1-18-12-6-5-10(8-13(12)19-2)14-16-17-15(21-14)22-9-11-4-3-7-20-11/h5-6,8,11H,3-4,7,9H2,1-2H3/t11-/m0/s1. The summed E-state index contributed by atoms with van der Waals surface area (Å²) < 4.78 is 21.8. The van der Waals surface area contributed by atoms with E-state index in [-0.39, 0.29) is 0 Å². The van der Waals surface area contributed by atoms with Crippen molar-refractivity contribution < 1.29 is 18.6 Å². The van der Waals surface area contributed by atoms with Crippen LogP contribution in [-0.4, -0.2) is 42.9 Å². The van der Waals surface area contributed by atoms with E-state index < -0.39 is 0 Å². The second-order valence-electron chi connectivity index (χ2n) is 4.89. The first kappa shape index (κ1) is 15.2. The number of hydrogen-bond donors (Lipinski definition) is 0. The molecule has 2 heterocycles. The Morgan fingerprint density at radius 3 is 2.82 bits per heavy atom. The Balaban J connectivity index is 1.70. The van der Waals surface area contributed by atoms with Gasteiger partial charge in [-0.05, 0) is 31.0 Å². The lowest BCUT2D eigenvalue weighted by atomic mass is 10.2. The van der Waals surface area contributed by atoms with Crippen molar-refractivity contribution in [3.05, 3.63) is 18.2 Å². The highest BCUT2D eigenvalue weighted by Crippen LogP contribution is 2.33. The number of aromatic nitrogens is 2. The Kier molecular flexibility index (Phi) is 4.84. The zero-order valence-corrected chi connectivity index (χ0v) is 13.4. The fourth-order valence-electron chi connectivity index (χ4n) is 2.29. The van der Waals surface area contributed by atoms with Gasteiger partial charge in [0.2, 0.25) is 5.89 Å². The molecular weight excluding hydrogens is 304 g/mol. The Hall–Kier alpha value is -1.73. The third kappa shape index (κ3) is 3.36. The number of nitrogens with zero attached hydrogens (tertiary/aromatic N) is 2. The quantitative estimate of drug-likeness (QED) is 0.757. The molecule has 1 saturated heterocycles. The summed E-state index contributed by atoms with van der Waals surface area (Å²) in [6.45, 7) is 0.853. The SMILES string of the molecule is COc1ccc(-c2nnc(SC[C@@H]3CCCO3)o2)cc1OC. The third-order valence-electron chi connectivity index (χ3n) is 3.45. The van der Waals surface area contributed by atoms with Crippen molar-refractivity contribution in [1.29, 1.82) is 0 Å². The molecule has 0 saturated carbocycles. The van der Waals surface area contributed by atoms with Gasteiger partial charge in [-0.3, -0.25) is 0 Å². The summed E-state index contributed by atoms with van der Waals surface area (Å²) in [4.78, 5) is 0. The first-order valence-corrected chi connectivity index (χ1v) is 8.09. The van der Waals surface area contributed by atoms with E-state index in [1.807, 2.05) is 18.2 Å². The predicted molar refractivity (Wildman–Crippen MR) is 82.5 cm³/mol. The molecule has 0 amide bonds. The van der Waals surface area contributed by atoms with Gasteiger partial charge in [0.25, 0.3) is 5.22 Å². The number of rotatable bonds is 6. The van der Waals surface area contributed by atoms with Gasteiger partial charge >= 0.3 is 0 Å². The molecule has 1 aliphatic heterocycles. The Labute approximate surface area is 133 Å². The van der Waals surface area contributed by atoms with Crippen LogP contribution >= 0.6 is 11.8 Å². The van der Waals surface area contributed by atoms with Gasteiger partial charge in [-0.2, -0.15) is 0 Å². The summed E-state index contributed by atoms with van der Waals surface area (Å²) in [6.07, 6.45) is 2.52. The molecule has 1 fully saturated rings. The van der Waals surface area contributed by atoms with E-state index in [4.69, 9.17) is 18.6 Å². The van der Waals surface area contributed by atoms with Crippen molar-refractivity contribution >= 4 is 11.8 Å². The fourth-order valence-corrected chi connectivity index (χ4v) is 3.12. The molecule has 6 nitrogen and oxygen atoms in total. The molecular formula is C15H18N2O4S. The molecule has 0 spiro atoms. The van der Waals surface area contributed by atoms with Gasteiger partial charge in [-0.1, -0.05) is 11.8 Å². The van der Waals surface area contributed by atoms with Gasteiger partial charge in [0, 0.05) is 17.9 Å². The van der Waals surface area contributed by atoms with Crippen molar-refractivity contribution in [2.45, 2.75) is 24.2 Å². The topological polar surface area (TPSA) is 66.6 Å². The lowest BCUT2D eigenvalue weighted by Gasteiger charge is -2.07. The first-order chi connectivity index (χ1) is 10.8. The number of ether oxygens (including phenoxy) is 3. The highest BCUT2D eigenvalue weighted by Gasteiger charge is 2.18. The van der Waals surface area contributed by atoms with Crippen LogP contribution in [0.3, 0.4) is 0 Å². The molecule has 2 aromatic rings. The maximum atomic E-state index is 5.69. The van der Waals surface area contributed by atoms with Gasteiger partial charge in [-0.15, -0.1) is 10.2 Å². The van der Waals surface area contributed by atoms with Gasteiger partial charge < -0.3 is 18.6 Å². The van der Waals surface area contributed by atoms with Crippen molar-refractivity contribution in [2.24, 2.45) is 0 Å². The van der Waals surface area contributed by atoms with E-state index in [9.17, 15) is 0 Å². The van der Waals surface area contributed by atoms with Gasteiger partial charge in [-0.25, -0.2) is 0 Å². The Bertz CT molecular complexity index is 626. The molecule has 1 aromatic carbocycles. The van der Waals surface area contributed by atoms with E-state index in [2.05, 4.69) is 10.2 Å². The fraction of sp³-hybridized carbons (Fsp3) is 0.467. The minimum absolute atomic E-state index is 0.293. The first-order valence-electron chi connectivity index (χ1n) is 7.10. The van der Waals surface area contributed by atoms with E-state index in [0.717, 1.165) is 30.8 Å². The van der Waals surface area contributed by atoms with Crippen LogP contribution in [0.2, 0.25) is 0 Å². The average molecular weight is 322 g/mol. The molecule has 0 aliphatic carbocycles. The summed E-state index contributed by atoms with van der Waals surface area (Å²) in [5, 5.41) is 8.71. The highest BCUT2D eigenvalue weighted by atomic mass is 32.2. The lowest BCUT2D eigenvalue weighted by Crippen LogP contribution is -2.07. The van der Waals surface area contributed by atoms with Crippen molar-refractivity contribution in [3.8, 4) is 23.0 Å². The number of methoxy groups -OCH3 is 2. The largest absolute Gasteiger partial charge is 0.493 e.